The van der Waals surface area contributed by atoms with E-state index >= 15 is 0 Å². The number of fused-ring (bicyclic) bond motifs is 1. The summed E-state index contributed by atoms with van der Waals surface area (Å²) in [6, 6.07) is 11.5. The van der Waals surface area contributed by atoms with Crippen molar-refractivity contribution in [3.63, 3.8) is 0 Å². The Morgan fingerprint density at radius 2 is 2.00 bits per heavy atom. The van der Waals surface area contributed by atoms with Gasteiger partial charge in [-0.15, -0.1) is 0 Å². The van der Waals surface area contributed by atoms with Gasteiger partial charge in [-0.2, -0.15) is 0 Å². The van der Waals surface area contributed by atoms with Gasteiger partial charge in [0, 0.05) is 31.7 Å². The summed E-state index contributed by atoms with van der Waals surface area (Å²) < 4.78 is 12.8. The van der Waals surface area contributed by atoms with E-state index in [0.717, 1.165) is 44.5 Å². The van der Waals surface area contributed by atoms with Gasteiger partial charge >= 0.3 is 0 Å². The van der Waals surface area contributed by atoms with Crippen molar-refractivity contribution in [2.24, 2.45) is 5.92 Å². The summed E-state index contributed by atoms with van der Waals surface area (Å²) >= 11 is 0. The van der Waals surface area contributed by atoms with Crippen LogP contribution in [0.3, 0.4) is 0 Å². The molecule has 4 aromatic rings. The largest absolute Gasteiger partial charge is 0.486 e. The quantitative estimate of drug-likeness (QED) is 0.444. The van der Waals surface area contributed by atoms with Crippen LogP contribution < -0.4 is 4.74 Å². The predicted molar refractivity (Wildman–Crippen MR) is 122 cm³/mol. The molecule has 0 bridgehead atoms. The minimum Gasteiger partial charge on any atom is -0.486 e. The summed E-state index contributed by atoms with van der Waals surface area (Å²) in [7, 11) is 0. The number of amides is 1. The molecule has 1 aliphatic rings. The number of hydrogen-bond donors (Lipinski definition) is 0. The molecule has 0 spiro atoms. The molecule has 1 aliphatic heterocycles. The second kappa shape index (κ2) is 9.44. The molecule has 1 unspecified atom stereocenters. The van der Waals surface area contributed by atoms with Gasteiger partial charge in [0.1, 0.15) is 23.7 Å². The maximum absolute atomic E-state index is 13.4. The maximum Gasteiger partial charge on any atom is 0.257 e. The minimum atomic E-state index is 0.00747. The monoisotopic (exact) mass is 445 g/mol. The van der Waals surface area contributed by atoms with Crippen LogP contribution >= 0.6 is 0 Å². The molecule has 5 rings (SSSR count). The third kappa shape index (κ3) is 4.60. The summed E-state index contributed by atoms with van der Waals surface area (Å²) in [5, 5.41) is 7.63. The lowest BCUT2D eigenvalue weighted by atomic mass is 9.95. The van der Waals surface area contributed by atoms with Gasteiger partial charge in [-0.3, -0.25) is 9.78 Å². The SMILES string of the molecule is Cc1nonc1COc1ccccc1C(=O)N1CCCC(Cc2nccn3cccc23)CC1. The molecule has 1 saturated heterocycles. The van der Waals surface area contributed by atoms with Gasteiger partial charge in [0.25, 0.3) is 5.91 Å². The van der Waals surface area contributed by atoms with Crippen molar-refractivity contribution in [3.05, 3.63) is 77.6 Å². The molecule has 0 radical (unpaired) electrons. The first-order valence-corrected chi connectivity index (χ1v) is 11.4. The number of hydrogen-bond acceptors (Lipinski definition) is 6. The molecule has 8 nitrogen and oxygen atoms in total. The Morgan fingerprint density at radius 1 is 1.09 bits per heavy atom. The van der Waals surface area contributed by atoms with Gasteiger partial charge in [0.2, 0.25) is 0 Å². The van der Waals surface area contributed by atoms with Crippen molar-refractivity contribution in [1.82, 2.24) is 24.6 Å². The number of carbonyl (C=O) groups excluding carboxylic acids is 1. The Hall–Kier alpha value is -3.68. The zero-order valence-electron chi connectivity index (χ0n) is 18.7. The van der Waals surface area contributed by atoms with Gasteiger partial charge in [0.15, 0.2) is 0 Å². The highest BCUT2D eigenvalue weighted by atomic mass is 16.6. The highest BCUT2D eigenvalue weighted by Gasteiger charge is 2.24. The van der Waals surface area contributed by atoms with Crippen molar-refractivity contribution < 1.29 is 14.2 Å². The Kier molecular flexibility index (Phi) is 6.06. The number of benzene rings is 1. The first-order valence-electron chi connectivity index (χ1n) is 11.4. The molecule has 0 saturated carbocycles. The Bertz CT molecular complexity index is 1250. The van der Waals surface area contributed by atoms with Gasteiger partial charge < -0.3 is 14.0 Å². The fourth-order valence-corrected chi connectivity index (χ4v) is 4.50. The van der Waals surface area contributed by atoms with E-state index in [0.29, 0.717) is 28.6 Å². The van der Waals surface area contributed by atoms with Crippen molar-refractivity contribution >= 4 is 11.4 Å². The number of ether oxygens (including phenoxy) is 1. The fourth-order valence-electron chi connectivity index (χ4n) is 4.50. The lowest BCUT2D eigenvalue weighted by Gasteiger charge is -2.22. The number of carbonyl (C=O) groups is 1. The molecule has 1 amide bonds. The molecule has 0 aliphatic carbocycles. The van der Waals surface area contributed by atoms with Crippen LogP contribution in [0, 0.1) is 12.8 Å². The smallest absolute Gasteiger partial charge is 0.257 e. The molecule has 3 aromatic heterocycles. The first kappa shape index (κ1) is 21.2. The second-order valence-corrected chi connectivity index (χ2v) is 8.55. The van der Waals surface area contributed by atoms with E-state index < -0.39 is 0 Å². The average Bonchev–Trinajstić information content (AvgIpc) is 3.42. The lowest BCUT2D eigenvalue weighted by Crippen LogP contribution is -2.32. The minimum absolute atomic E-state index is 0.00747. The number of rotatable bonds is 6. The fraction of sp³-hybridized carbons (Fsp3) is 0.360. The van der Waals surface area contributed by atoms with Crippen LogP contribution in [0.1, 0.15) is 46.7 Å². The molecule has 1 atom stereocenters. The predicted octanol–water partition coefficient (Wildman–Crippen LogP) is 4.09. The van der Waals surface area contributed by atoms with Crippen LogP contribution in [0.25, 0.3) is 5.52 Å². The van der Waals surface area contributed by atoms with E-state index in [4.69, 9.17) is 9.37 Å². The van der Waals surface area contributed by atoms with Crippen LogP contribution in [-0.4, -0.2) is 43.6 Å². The third-order valence-corrected chi connectivity index (χ3v) is 6.38. The van der Waals surface area contributed by atoms with Gasteiger partial charge in [-0.25, -0.2) is 4.63 Å². The lowest BCUT2D eigenvalue weighted by molar-refractivity contribution is 0.0755. The van der Waals surface area contributed by atoms with Gasteiger partial charge in [-0.1, -0.05) is 22.4 Å². The average molecular weight is 446 g/mol. The molecule has 1 aromatic carbocycles. The van der Waals surface area contributed by atoms with E-state index in [-0.39, 0.29) is 12.5 Å². The molecule has 8 heteroatoms. The summed E-state index contributed by atoms with van der Waals surface area (Å²) in [6.45, 7) is 3.50. The number of aryl methyl sites for hydroxylation is 1. The van der Waals surface area contributed by atoms with Crippen LogP contribution in [0.2, 0.25) is 0 Å². The van der Waals surface area contributed by atoms with Gasteiger partial charge in [-0.05, 0) is 62.8 Å². The molecular weight excluding hydrogens is 418 g/mol. The van der Waals surface area contributed by atoms with Crippen LogP contribution in [0.4, 0.5) is 0 Å². The Balaban J connectivity index is 1.25. The highest BCUT2D eigenvalue weighted by Crippen LogP contribution is 2.26. The molecule has 33 heavy (non-hydrogen) atoms. The number of nitrogens with zero attached hydrogens (tertiary/aromatic N) is 5. The maximum atomic E-state index is 13.4. The van der Waals surface area contributed by atoms with E-state index in [2.05, 4.69) is 25.8 Å². The number of para-hydroxylation sites is 1. The standard InChI is InChI=1S/C25H27N5O3/c1-18-22(28-33-27-18)17-32-24-9-3-2-7-20(24)25(31)30-13-4-6-19(10-14-30)16-21-23-8-5-12-29(23)15-11-26-21/h2-3,5,7-9,11-12,15,19H,4,6,10,13-14,16-17H2,1H3. The summed E-state index contributed by atoms with van der Waals surface area (Å²) in [5.74, 6) is 1.06. The molecule has 170 valence electrons. The molecule has 4 heterocycles. The van der Waals surface area contributed by atoms with Crippen molar-refractivity contribution in [3.8, 4) is 5.75 Å². The van der Waals surface area contributed by atoms with Crippen molar-refractivity contribution in [2.75, 3.05) is 13.1 Å². The summed E-state index contributed by atoms with van der Waals surface area (Å²) in [5.41, 5.74) is 4.18. The normalized spacial score (nSPS) is 16.6. The van der Waals surface area contributed by atoms with Crippen LogP contribution in [0.5, 0.6) is 5.75 Å². The van der Waals surface area contributed by atoms with Gasteiger partial charge in [0.05, 0.1) is 16.8 Å². The number of aromatic nitrogens is 4. The topological polar surface area (TPSA) is 85.8 Å². The molecular formula is C25H27N5O3. The molecule has 0 N–H and O–H groups in total. The highest BCUT2D eigenvalue weighted by molar-refractivity contribution is 5.97. The Labute approximate surface area is 192 Å². The van der Waals surface area contributed by atoms with E-state index in [9.17, 15) is 4.79 Å². The van der Waals surface area contributed by atoms with Crippen molar-refractivity contribution in [2.45, 2.75) is 39.2 Å². The zero-order chi connectivity index (χ0) is 22.6. The van der Waals surface area contributed by atoms with Crippen LogP contribution in [0.15, 0.2) is 59.6 Å². The Morgan fingerprint density at radius 3 is 2.88 bits per heavy atom. The summed E-state index contributed by atoms with van der Waals surface area (Å²) in [6.07, 6.45) is 9.85. The van der Waals surface area contributed by atoms with Crippen molar-refractivity contribution in [1.29, 1.82) is 0 Å². The number of likely N-dealkylation sites (tertiary alicyclic amines) is 1. The zero-order valence-corrected chi connectivity index (χ0v) is 18.7. The second-order valence-electron chi connectivity index (χ2n) is 8.55. The van der Waals surface area contributed by atoms with Crippen LogP contribution in [-0.2, 0) is 13.0 Å². The van der Waals surface area contributed by atoms with E-state index in [1.807, 2.05) is 60.7 Å². The third-order valence-electron chi connectivity index (χ3n) is 6.38. The first-order chi connectivity index (χ1) is 16.2. The molecule has 1 fully saturated rings. The van der Waals surface area contributed by atoms with E-state index in [1.54, 1.807) is 0 Å². The summed E-state index contributed by atoms with van der Waals surface area (Å²) in [4.78, 5) is 20.0. The van der Waals surface area contributed by atoms with E-state index in [1.165, 1.54) is 5.52 Å².